The van der Waals surface area contributed by atoms with Crippen LogP contribution < -0.4 is 10.7 Å². The maximum absolute atomic E-state index is 12.6. The molecule has 0 saturated carbocycles. The van der Waals surface area contributed by atoms with E-state index in [9.17, 15) is 14.4 Å². The number of nitrogens with one attached hydrogen (secondary N) is 1. The van der Waals surface area contributed by atoms with E-state index < -0.39 is 11.9 Å². The molecule has 30 heavy (non-hydrogen) atoms. The molecule has 0 unspecified atom stereocenters. The molecule has 3 rings (SSSR count). The van der Waals surface area contributed by atoms with Gasteiger partial charge in [-0.05, 0) is 43.7 Å². The number of rotatable bonds is 7. The van der Waals surface area contributed by atoms with Crippen LogP contribution in [0.2, 0.25) is 0 Å². The Balaban J connectivity index is 1.76. The van der Waals surface area contributed by atoms with Crippen LogP contribution >= 0.6 is 0 Å². The fraction of sp³-hybridized carbons (Fsp3) is 0.208. The van der Waals surface area contributed by atoms with Crippen molar-refractivity contribution in [1.29, 1.82) is 0 Å². The molecule has 0 atom stereocenters. The number of benzene rings is 2. The van der Waals surface area contributed by atoms with Gasteiger partial charge in [0.05, 0.1) is 28.8 Å². The molecule has 6 heteroatoms. The van der Waals surface area contributed by atoms with Crippen molar-refractivity contribution < 1.29 is 18.7 Å². The highest BCUT2D eigenvalue weighted by Gasteiger charge is 2.13. The number of fused-ring (bicyclic) bond motifs is 1. The number of carbonyl (C=O) groups is 2. The lowest BCUT2D eigenvalue weighted by molar-refractivity contribution is -0.111. The van der Waals surface area contributed by atoms with Crippen LogP contribution in [0, 0.1) is 6.92 Å². The largest absolute Gasteiger partial charge is 0.463 e. The first-order chi connectivity index (χ1) is 14.5. The number of carbonyl (C=O) groups excluding carboxylic acids is 2. The normalized spacial score (nSPS) is 11.0. The number of hydrogen-bond donors (Lipinski definition) is 1. The van der Waals surface area contributed by atoms with Gasteiger partial charge in [-0.25, -0.2) is 4.79 Å². The third-order valence-electron chi connectivity index (χ3n) is 4.50. The van der Waals surface area contributed by atoms with Gasteiger partial charge in [0, 0.05) is 6.08 Å². The zero-order valence-corrected chi connectivity index (χ0v) is 16.9. The van der Waals surface area contributed by atoms with Crippen molar-refractivity contribution in [2.24, 2.45) is 0 Å². The van der Waals surface area contributed by atoms with E-state index in [1.54, 1.807) is 36.4 Å². The predicted octanol–water partition coefficient (Wildman–Crippen LogP) is 4.71. The Morgan fingerprint density at radius 1 is 1.17 bits per heavy atom. The number of ether oxygens (including phenoxy) is 1. The van der Waals surface area contributed by atoms with Crippen LogP contribution in [0.5, 0.6) is 0 Å². The first kappa shape index (κ1) is 21.0. The Morgan fingerprint density at radius 3 is 2.77 bits per heavy atom. The van der Waals surface area contributed by atoms with Gasteiger partial charge in [-0.15, -0.1) is 0 Å². The van der Waals surface area contributed by atoms with Crippen molar-refractivity contribution in [1.82, 2.24) is 0 Å². The maximum Gasteiger partial charge on any atom is 0.340 e. The van der Waals surface area contributed by atoms with Gasteiger partial charge in [-0.2, -0.15) is 0 Å². The monoisotopic (exact) mass is 405 g/mol. The first-order valence-corrected chi connectivity index (χ1v) is 9.77. The van der Waals surface area contributed by atoms with Crippen LogP contribution in [0.1, 0.15) is 41.3 Å². The third-order valence-corrected chi connectivity index (χ3v) is 4.50. The van der Waals surface area contributed by atoms with Crippen LogP contribution in [0.25, 0.3) is 17.0 Å². The molecule has 154 valence electrons. The van der Waals surface area contributed by atoms with E-state index in [1.165, 1.54) is 18.4 Å². The van der Waals surface area contributed by atoms with Gasteiger partial charge in [0.2, 0.25) is 5.91 Å². The Morgan fingerprint density at radius 2 is 1.97 bits per heavy atom. The van der Waals surface area contributed by atoms with Crippen LogP contribution in [0.15, 0.2) is 64.0 Å². The quantitative estimate of drug-likeness (QED) is 0.349. The summed E-state index contributed by atoms with van der Waals surface area (Å²) in [5.41, 5.74) is 2.09. The summed E-state index contributed by atoms with van der Waals surface area (Å²) in [6, 6.07) is 12.0. The van der Waals surface area contributed by atoms with Gasteiger partial charge in [0.1, 0.15) is 11.8 Å². The van der Waals surface area contributed by atoms with Crippen molar-refractivity contribution in [3.8, 4) is 0 Å². The zero-order valence-electron chi connectivity index (χ0n) is 16.9. The van der Waals surface area contributed by atoms with E-state index in [0.717, 1.165) is 18.4 Å². The van der Waals surface area contributed by atoms with Gasteiger partial charge in [-0.3, -0.25) is 9.59 Å². The molecule has 0 spiro atoms. The lowest BCUT2D eigenvalue weighted by atomic mass is 10.1. The molecule has 0 aliphatic heterocycles. The number of hydrogen-bond acceptors (Lipinski definition) is 5. The predicted molar refractivity (Wildman–Crippen MR) is 117 cm³/mol. The summed E-state index contributed by atoms with van der Waals surface area (Å²) in [5, 5.41) is 3.11. The summed E-state index contributed by atoms with van der Waals surface area (Å²) < 4.78 is 10.7. The fourth-order valence-corrected chi connectivity index (χ4v) is 2.87. The maximum atomic E-state index is 12.6. The van der Waals surface area contributed by atoms with E-state index in [0.29, 0.717) is 23.3 Å². The van der Waals surface area contributed by atoms with E-state index in [1.807, 2.05) is 19.9 Å². The molecule has 1 N–H and O–H groups in total. The Labute approximate surface area is 174 Å². The molecule has 1 aromatic heterocycles. The Hall–Kier alpha value is -3.67. The highest BCUT2D eigenvalue weighted by atomic mass is 16.5. The van der Waals surface area contributed by atoms with E-state index in [4.69, 9.17) is 9.15 Å². The van der Waals surface area contributed by atoms with Crippen molar-refractivity contribution in [3.63, 3.8) is 0 Å². The molecule has 0 saturated heterocycles. The van der Waals surface area contributed by atoms with Crippen molar-refractivity contribution in [3.05, 3.63) is 81.7 Å². The van der Waals surface area contributed by atoms with Crippen LogP contribution in [0.3, 0.4) is 0 Å². The SMILES string of the molecule is CCCCOC(=O)c1ccccc1NC(=O)/C=C/c1coc2ccc(C)cc2c1=O. The summed E-state index contributed by atoms with van der Waals surface area (Å²) >= 11 is 0. The number of anilines is 1. The second-order valence-corrected chi connectivity index (χ2v) is 6.88. The standard InChI is InChI=1S/C24H23NO5/c1-3-4-13-29-24(28)18-7-5-6-8-20(18)25-22(26)12-10-17-15-30-21-11-9-16(2)14-19(21)23(17)27/h5-12,14-15H,3-4,13H2,1-2H3,(H,25,26)/b12-10+. The van der Waals surface area contributed by atoms with Gasteiger partial charge in [-0.1, -0.05) is 37.1 Å². The second-order valence-electron chi connectivity index (χ2n) is 6.88. The summed E-state index contributed by atoms with van der Waals surface area (Å²) in [7, 11) is 0. The molecule has 6 nitrogen and oxygen atoms in total. The van der Waals surface area contributed by atoms with Crippen molar-refractivity contribution >= 4 is 34.6 Å². The number of unbranched alkanes of at least 4 members (excludes halogenated alkanes) is 1. The molecule has 0 radical (unpaired) electrons. The Bertz CT molecular complexity index is 1160. The fourth-order valence-electron chi connectivity index (χ4n) is 2.87. The van der Waals surface area contributed by atoms with Crippen molar-refractivity contribution in [2.45, 2.75) is 26.7 Å². The second kappa shape index (κ2) is 9.69. The molecular weight excluding hydrogens is 382 g/mol. The van der Waals surface area contributed by atoms with E-state index >= 15 is 0 Å². The average molecular weight is 405 g/mol. The number of para-hydroxylation sites is 1. The summed E-state index contributed by atoms with van der Waals surface area (Å²) in [5.74, 6) is -0.971. The van der Waals surface area contributed by atoms with Gasteiger partial charge in [0.25, 0.3) is 0 Å². The molecule has 0 aliphatic carbocycles. The van der Waals surface area contributed by atoms with Gasteiger partial charge >= 0.3 is 5.97 Å². The zero-order chi connectivity index (χ0) is 21.5. The van der Waals surface area contributed by atoms with E-state index in [2.05, 4.69) is 5.32 Å². The van der Waals surface area contributed by atoms with Crippen molar-refractivity contribution in [2.75, 3.05) is 11.9 Å². The summed E-state index contributed by atoms with van der Waals surface area (Å²) in [6.45, 7) is 4.22. The van der Waals surface area contributed by atoms with E-state index in [-0.39, 0.29) is 16.6 Å². The molecule has 0 aliphatic rings. The first-order valence-electron chi connectivity index (χ1n) is 9.77. The number of amides is 1. The molecular formula is C24H23NO5. The average Bonchev–Trinajstić information content (AvgIpc) is 2.74. The molecule has 2 aromatic carbocycles. The smallest absolute Gasteiger partial charge is 0.340 e. The van der Waals surface area contributed by atoms with Crippen LogP contribution in [-0.4, -0.2) is 18.5 Å². The van der Waals surface area contributed by atoms with Gasteiger partial charge < -0.3 is 14.5 Å². The summed E-state index contributed by atoms with van der Waals surface area (Å²) in [4.78, 5) is 37.2. The highest BCUT2D eigenvalue weighted by Crippen LogP contribution is 2.17. The summed E-state index contributed by atoms with van der Waals surface area (Å²) in [6.07, 6.45) is 5.64. The molecule has 0 bridgehead atoms. The number of esters is 1. The van der Waals surface area contributed by atoms with Crippen LogP contribution in [0.4, 0.5) is 5.69 Å². The highest BCUT2D eigenvalue weighted by molar-refractivity contribution is 6.06. The number of aryl methyl sites for hydroxylation is 1. The topological polar surface area (TPSA) is 85.6 Å². The minimum Gasteiger partial charge on any atom is -0.463 e. The lowest BCUT2D eigenvalue weighted by Crippen LogP contribution is -2.14. The Kier molecular flexibility index (Phi) is 6.80. The molecule has 0 fully saturated rings. The minimum atomic E-state index is -0.492. The molecule has 1 amide bonds. The molecule has 1 heterocycles. The minimum absolute atomic E-state index is 0.219. The third kappa shape index (κ3) is 5.03. The molecule has 3 aromatic rings. The van der Waals surface area contributed by atoms with Gasteiger partial charge in [0.15, 0.2) is 5.43 Å². The lowest BCUT2D eigenvalue weighted by Gasteiger charge is -2.09. The van der Waals surface area contributed by atoms with Crippen LogP contribution in [-0.2, 0) is 9.53 Å².